The molecule has 0 heterocycles. The summed E-state index contributed by atoms with van der Waals surface area (Å²) in [7, 11) is 0. The molecule has 1 rings (SSSR count). The molecule has 0 aliphatic rings. The van der Waals surface area contributed by atoms with Crippen LogP contribution in [0.2, 0.25) is 0 Å². The summed E-state index contributed by atoms with van der Waals surface area (Å²) in [5.74, 6) is 0.0416. The average Bonchev–Trinajstić information content (AvgIpc) is 2.36. The van der Waals surface area contributed by atoms with E-state index in [4.69, 9.17) is 27.7 Å². The highest BCUT2D eigenvalue weighted by Crippen LogP contribution is 2.18. The van der Waals surface area contributed by atoms with Crippen LogP contribution in [-0.2, 0) is 4.79 Å². The van der Waals surface area contributed by atoms with Crippen LogP contribution in [0.15, 0.2) is 34.3 Å². The Balaban J connectivity index is 2.42. The second kappa shape index (κ2) is 7.62. The highest BCUT2D eigenvalue weighted by Gasteiger charge is 2.04. The number of ether oxygens (including phenoxy) is 1. The first kappa shape index (κ1) is 15.3. The van der Waals surface area contributed by atoms with Gasteiger partial charge in [-0.1, -0.05) is 0 Å². The van der Waals surface area contributed by atoms with Gasteiger partial charge in [0.1, 0.15) is 5.75 Å². The minimum absolute atomic E-state index is 0.00804. The maximum absolute atomic E-state index is 11.5. The Kier molecular flexibility index (Phi) is 5.82. The van der Waals surface area contributed by atoms with E-state index < -0.39 is 0 Å². The number of carbonyl (C=O) groups is 1. The summed E-state index contributed by atoms with van der Waals surface area (Å²) in [6.45, 7) is 0.390. The topological polar surface area (TPSA) is 155 Å². The first-order chi connectivity index (χ1) is 9.47. The van der Waals surface area contributed by atoms with Crippen LogP contribution in [0.3, 0.4) is 0 Å². The van der Waals surface area contributed by atoms with Crippen LogP contribution >= 0.6 is 0 Å². The fourth-order valence-electron chi connectivity index (χ4n) is 1.35. The molecule has 8 heteroatoms. The van der Waals surface area contributed by atoms with E-state index in [0.717, 1.165) is 0 Å². The van der Waals surface area contributed by atoms with E-state index in [0.29, 0.717) is 24.4 Å². The summed E-state index contributed by atoms with van der Waals surface area (Å²) >= 11 is 0. The number of hydrogen-bond acceptors (Lipinski definition) is 4. The minimum Gasteiger partial charge on any atom is -0.427 e. The molecule has 20 heavy (non-hydrogen) atoms. The van der Waals surface area contributed by atoms with Crippen LogP contribution < -0.4 is 27.7 Å². The molecular weight excluding hydrogens is 260 g/mol. The Labute approximate surface area is 116 Å². The van der Waals surface area contributed by atoms with Crippen LogP contribution in [0.25, 0.3) is 0 Å². The van der Waals surface area contributed by atoms with Gasteiger partial charge >= 0.3 is 5.97 Å². The number of nitrogens with zero attached hydrogens (tertiary/aromatic N) is 2. The third-order valence-corrected chi connectivity index (χ3v) is 2.16. The maximum Gasteiger partial charge on any atom is 0.311 e. The molecule has 0 fully saturated rings. The van der Waals surface area contributed by atoms with Crippen LogP contribution in [-0.4, -0.2) is 24.4 Å². The molecule has 0 aliphatic carbocycles. The number of benzene rings is 1. The zero-order valence-electron chi connectivity index (χ0n) is 11.0. The zero-order valence-corrected chi connectivity index (χ0v) is 11.0. The van der Waals surface area contributed by atoms with Gasteiger partial charge in [-0.15, -0.1) is 0 Å². The fourth-order valence-corrected chi connectivity index (χ4v) is 1.35. The average molecular weight is 278 g/mol. The third kappa shape index (κ3) is 6.24. The van der Waals surface area contributed by atoms with Crippen molar-refractivity contribution in [3.8, 4) is 5.75 Å². The molecule has 1 aromatic carbocycles. The molecule has 1 aromatic rings. The van der Waals surface area contributed by atoms with Crippen LogP contribution in [0.4, 0.5) is 5.69 Å². The molecule has 0 aromatic heterocycles. The van der Waals surface area contributed by atoms with Crippen molar-refractivity contribution in [2.75, 3.05) is 6.54 Å². The zero-order chi connectivity index (χ0) is 15.0. The highest BCUT2D eigenvalue weighted by atomic mass is 16.5. The molecule has 8 nitrogen and oxygen atoms in total. The summed E-state index contributed by atoms with van der Waals surface area (Å²) in [5.41, 5.74) is 21.4. The standard InChI is InChI=1S/C12H18N6O2/c13-11(14)17-7-1-2-10(19)20-9-5-3-8(4-6-9)18-12(15)16/h3-6H,1-2,7H2,(H4,13,14,17)(H4,15,16,18). The fraction of sp³-hybridized carbons (Fsp3) is 0.250. The second-order valence-corrected chi connectivity index (χ2v) is 3.91. The second-order valence-electron chi connectivity index (χ2n) is 3.91. The van der Waals surface area contributed by atoms with Gasteiger partial charge in [0.05, 0.1) is 5.69 Å². The Bertz CT molecular complexity index is 501. The van der Waals surface area contributed by atoms with Crippen LogP contribution in [0, 0.1) is 0 Å². The lowest BCUT2D eigenvalue weighted by Crippen LogP contribution is -2.23. The van der Waals surface area contributed by atoms with Crippen molar-refractivity contribution in [1.29, 1.82) is 0 Å². The lowest BCUT2D eigenvalue weighted by molar-refractivity contribution is -0.134. The summed E-state index contributed by atoms with van der Waals surface area (Å²) in [5, 5.41) is 0. The van der Waals surface area contributed by atoms with Crippen molar-refractivity contribution >= 4 is 23.6 Å². The van der Waals surface area contributed by atoms with Gasteiger partial charge < -0.3 is 27.7 Å². The van der Waals surface area contributed by atoms with E-state index in [-0.39, 0.29) is 24.3 Å². The number of carbonyl (C=O) groups excluding carboxylic acids is 1. The molecule has 0 bridgehead atoms. The van der Waals surface area contributed by atoms with Gasteiger partial charge in [0.2, 0.25) is 0 Å². The predicted molar refractivity (Wildman–Crippen MR) is 77.5 cm³/mol. The SMILES string of the molecule is NC(N)=NCCCC(=O)Oc1ccc(N=C(N)N)cc1. The summed E-state index contributed by atoms with van der Waals surface area (Å²) < 4.78 is 5.12. The Morgan fingerprint density at radius 1 is 1.05 bits per heavy atom. The number of hydrogen-bond donors (Lipinski definition) is 4. The first-order valence-corrected chi connectivity index (χ1v) is 5.93. The summed E-state index contributed by atoms with van der Waals surface area (Å²) in [6, 6.07) is 6.49. The van der Waals surface area contributed by atoms with Gasteiger partial charge in [0, 0.05) is 13.0 Å². The largest absolute Gasteiger partial charge is 0.427 e. The monoisotopic (exact) mass is 278 g/mol. The Hall–Kier alpha value is -2.77. The molecule has 0 radical (unpaired) electrons. The lowest BCUT2D eigenvalue weighted by Gasteiger charge is -2.04. The van der Waals surface area contributed by atoms with E-state index in [2.05, 4.69) is 9.98 Å². The van der Waals surface area contributed by atoms with Gasteiger partial charge in [-0.2, -0.15) is 0 Å². The number of esters is 1. The van der Waals surface area contributed by atoms with Crippen molar-refractivity contribution in [3.05, 3.63) is 24.3 Å². The van der Waals surface area contributed by atoms with Gasteiger partial charge in [0.15, 0.2) is 11.9 Å². The molecule has 0 saturated heterocycles. The molecule has 0 spiro atoms. The van der Waals surface area contributed by atoms with Crippen molar-refractivity contribution in [3.63, 3.8) is 0 Å². The lowest BCUT2D eigenvalue weighted by atomic mass is 10.3. The maximum atomic E-state index is 11.5. The number of aliphatic imine (C=N–C) groups is 2. The van der Waals surface area contributed by atoms with Crippen LogP contribution in [0.5, 0.6) is 5.75 Å². The van der Waals surface area contributed by atoms with Gasteiger partial charge in [-0.05, 0) is 30.7 Å². The van der Waals surface area contributed by atoms with E-state index in [9.17, 15) is 4.79 Å². The number of rotatable bonds is 6. The highest BCUT2D eigenvalue weighted by molar-refractivity contribution is 5.79. The van der Waals surface area contributed by atoms with Crippen molar-refractivity contribution < 1.29 is 9.53 Å². The van der Waals surface area contributed by atoms with Crippen molar-refractivity contribution in [2.45, 2.75) is 12.8 Å². The molecule has 8 N–H and O–H groups in total. The first-order valence-electron chi connectivity index (χ1n) is 5.93. The minimum atomic E-state index is -0.356. The molecule has 0 amide bonds. The number of guanidine groups is 2. The van der Waals surface area contributed by atoms with Gasteiger partial charge in [-0.3, -0.25) is 9.79 Å². The molecule has 0 aliphatic heterocycles. The number of nitrogens with two attached hydrogens (primary N) is 4. The quantitative estimate of drug-likeness (QED) is 0.181. The Morgan fingerprint density at radius 2 is 1.70 bits per heavy atom. The van der Waals surface area contributed by atoms with Crippen molar-refractivity contribution in [1.82, 2.24) is 0 Å². The molecule has 108 valence electrons. The summed E-state index contributed by atoms with van der Waals surface area (Å²) in [4.78, 5) is 19.1. The third-order valence-electron chi connectivity index (χ3n) is 2.16. The molecular formula is C12H18N6O2. The van der Waals surface area contributed by atoms with Gasteiger partial charge in [0.25, 0.3) is 0 Å². The smallest absolute Gasteiger partial charge is 0.311 e. The summed E-state index contributed by atoms with van der Waals surface area (Å²) in [6.07, 6.45) is 0.745. The predicted octanol–water partition coefficient (Wildman–Crippen LogP) is -0.449. The van der Waals surface area contributed by atoms with E-state index in [1.807, 2.05) is 0 Å². The normalized spacial score (nSPS) is 9.60. The van der Waals surface area contributed by atoms with Gasteiger partial charge in [-0.25, -0.2) is 4.99 Å². The van der Waals surface area contributed by atoms with Crippen LogP contribution in [0.1, 0.15) is 12.8 Å². The molecule has 0 saturated carbocycles. The van der Waals surface area contributed by atoms with E-state index >= 15 is 0 Å². The van der Waals surface area contributed by atoms with E-state index in [1.165, 1.54) is 0 Å². The van der Waals surface area contributed by atoms with Crippen molar-refractivity contribution in [2.24, 2.45) is 32.9 Å². The molecule has 0 unspecified atom stereocenters. The van der Waals surface area contributed by atoms with E-state index in [1.54, 1.807) is 24.3 Å². The Morgan fingerprint density at radius 3 is 2.25 bits per heavy atom. The molecule has 0 atom stereocenters.